The number of anilines is 1. The fourth-order valence-electron chi connectivity index (χ4n) is 2.12. The van der Waals surface area contributed by atoms with Gasteiger partial charge in [0.15, 0.2) is 12.4 Å². The summed E-state index contributed by atoms with van der Waals surface area (Å²) in [4.78, 5) is 46.9. The number of aryl methyl sites for hydroxylation is 1. The van der Waals surface area contributed by atoms with Crippen LogP contribution >= 0.6 is 11.6 Å². The van der Waals surface area contributed by atoms with Gasteiger partial charge in [-0.05, 0) is 25.5 Å². The molecule has 29 heavy (non-hydrogen) atoms. The van der Waals surface area contributed by atoms with Crippen LogP contribution in [-0.2, 0) is 19.1 Å². The molecule has 2 aromatic rings. The number of aromatic nitrogens is 1. The van der Waals surface area contributed by atoms with Crippen LogP contribution in [0.4, 0.5) is 5.82 Å². The Morgan fingerprint density at radius 2 is 1.86 bits per heavy atom. The number of carbonyl (C=O) groups excluding carboxylic acids is 4. The third-order valence-corrected chi connectivity index (χ3v) is 3.81. The second-order valence-corrected chi connectivity index (χ2v) is 6.27. The second kappa shape index (κ2) is 10.8. The minimum Gasteiger partial charge on any atom is -0.456 e. The SMILES string of the molecule is Cc1cc(NC(=O)COC(=O)CCCC(=O)NNC(=O)c2ccccc2Cl)no1. The number of hydrogen-bond acceptors (Lipinski definition) is 7. The highest BCUT2D eigenvalue weighted by molar-refractivity contribution is 6.33. The molecular weight excluding hydrogens is 404 g/mol. The lowest BCUT2D eigenvalue weighted by molar-refractivity contribution is -0.147. The predicted octanol–water partition coefficient (Wildman–Crippen LogP) is 1.75. The first-order valence-corrected chi connectivity index (χ1v) is 8.95. The van der Waals surface area contributed by atoms with Crippen molar-refractivity contribution >= 4 is 41.1 Å². The lowest BCUT2D eigenvalue weighted by atomic mass is 10.2. The smallest absolute Gasteiger partial charge is 0.306 e. The number of nitrogens with one attached hydrogen (secondary N) is 3. The van der Waals surface area contributed by atoms with Gasteiger partial charge in [0.2, 0.25) is 5.91 Å². The van der Waals surface area contributed by atoms with E-state index in [1.807, 2.05) is 0 Å². The van der Waals surface area contributed by atoms with Crippen molar-refractivity contribution in [3.8, 4) is 0 Å². The van der Waals surface area contributed by atoms with E-state index in [1.165, 1.54) is 12.1 Å². The van der Waals surface area contributed by atoms with Crippen LogP contribution in [0.1, 0.15) is 35.4 Å². The number of carbonyl (C=O) groups is 4. The minimum absolute atomic E-state index is 0.0255. The van der Waals surface area contributed by atoms with Gasteiger partial charge in [0.05, 0.1) is 10.6 Å². The van der Waals surface area contributed by atoms with Crippen LogP contribution in [0.25, 0.3) is 0 Å². The average molecular weight is 423 g/mol. The van der Waals surface area contributed by atoms with Crippen LogP contribution in [0.15, 0.2) is 34.9 Å². The zero-order valence-corrected chi connectivity index (χ0v) is 16.2. The maximum atomic E-state index is 11.9. The highest BCUT2D eigenvalue weighted by Crippen LogP contribution is 2.14. The Bertz CT molecular complexity index is 898. The summed E-state index contributed by atoms with van der Waals surface area (Å²) in [5.74, 6) is -1.50. The molecule has 154 valence electrons. The van der Waals surface area contributed by atoms with Gasteiger partial charge in [0.1, 0.15) is 5.76 Å². The van der Waals surface area contributed by atoms with Gasteiger partial charge < -0.3 is 14.6 Å². The third-order valence-electron chi connectivity index (χ3n) is 3.48. The summed E-state index contributed by atoms with van der Waals surface area (Å²) >= 11 is 5.89. The van der Waals surface area contributed by atoms with Gasteiger partial charge in [-0.15, -0.1) is 0 Å². The Hall–Kier alpha value is -3.40. The Kier molecular flexibility index (Phi) is 8.16. The van der Waals surface area contributed by atoms with Crippen molar-refractivity contribution in [2.75, 3.05) is 11.9 Å². The van der Waals surface area contributed by atoms with E-state index in [2.05, 4.69) is 21.3 Å². The number of rotatable bonds is 8. The molecule has 0 aliphatic carbocycles. The van der Waals surface area contributed by atoms with E-state index < -0.39 is 30.3 Å². The molecule has 0 spiro atoms. The maximum Gasteiger partial charge on any atom is 0.306 e. The zero-order valence-electron chi connectivity index (χ0n) is 15.5. The minimum atomic E-state index is -0.635. The van der Waals surface area contributed by atoms with Crippen LogP contribution in [0, 0.1) is 6.92 Å². The lowest BCUT2D eigenvalue weighted by Crippen LogP contribution is -2.41. The number of hydrogen-bond donors (Lipinski definition) is 3. The average Bonchev–Trinajstić information content (AvgIpc) is 3.09. The van der Waals surface area contributed by atoms with Crippen LogP contribution < -0.4 is 16.2 Å². The van der Waals surface area contributed by atoms with Crippen molar-refractivity contribution in [2.24, 2.45) is 0 Å². The molecule has 0 bridgehead atoms. The summed E-state index contributed by atoms with van der Waals surface area (Å²) in [6.45, 7) is 1.19. The number of ether oxygens (including phenoxy) is 1. The molecule has 3 amide bonds. The number of nitrogens with zero attached hydrogens (tertiary/aromatic N) is 1. The largest absolute Gasteiger partial charge is 0.456 e. The predicted molar refractivity (Wildman–Crippen MR) is 102 cm³/mol. The van der Waals surface area contributed by atoms with E-state index in [1.54, 1.807) is 25.1 Å². The first-order chi connectivity index (χ1) is 13.8. The van der Waals surface area contributed by atoms with Crippen molar-refractivity contribution < 1.29 is 28.4 Å². The van der Waals surface area contributed by atoms with Gasteiger partial charge in [-0.3, -0.25) is 30.0 Å². The van der Waals surface area contributed by atoms with Gasteiger partial charge in [-0.2, -0.15) is 0 Å². The number of halogens is 1. The van der Waals surface area contributed by atoms with E-state index in [0.29, 0.717) is 5.76 Å². The van der Waals surface area contributed by atoms with Gasteiger partial charge >= 0.3 is 5.97 Å². The van der Waals surface area contributed by atoms with Crippen LogP contribution in [0.5, 0.6) is 0 Å². The summed E-state index contributed by atoms with van der Waals surface area (Å²) in [5, 5.41) is 6.23. The summed E-state index contributed by atoms with van der Waals surface area (Å²) in [5.41, 5.74) is 4.69. The quantitative estimate of drug-likeness (QED) is 0.435. The highest BCUT2D eigenvalue weighted by Gasteiger charge is 2.12. The molecule has 2 rings (SSSR count). The van der Waals surface area contributed by atoms with Crippen molar-refractivity contribution in [1.82, 2.24) is 16.0 Å². The summed E-state index contributed by atoms with van der Waals surface area (Å²) < 4.78 is 9.60. The Morgan fingerprint density at radius 1 is 1.10 bits per heavy atom. The van der Waals surface area contributed by atoms with E-state index in [-0.39, 0.29) is 35.7 Å². The first kappa shape index (κ1) is 21.9. The molecule has 11 heteroatoms. The van der Waals surface area contributed by atoms with Crippen LogP contribution in [-0.4, -0.2) is 35.5 Å². The number of benzene rings is 1. The number of esters is 1. The molecule has 0 saturated heterocycles. The highest BCUT2D eigenvalue weighted by atomic mass is 35.5. The fraction of sp³-hybridized carbons (Fsp3) is 0.278. The topological polar surface area (TPSA) is 140 Å². The van der Waals surface area contributed by atoms with Crippen molar-refractivity contribution in [3.05, 3.63) is 46.7 Å². The standard InChI is InChI=1S/C18H19ClN4O6/c1-11-9-14(23-29-11)20-16(25)10-28-17(26)8-4-7-15(24)21-22-18(27)12-5-2-3-6-13(12)19/h2-3,5-6,9H,4,7-8,10H2,1H3,(H,21,24)(H,22,27)(H,20,23,25). The molecule has 0 atom stereocenters. The number of hydrazine groups is 1. The Labute approximate surface area is 170 Å². The van der Waals surface area contributed by atoms with Crippen molar-refractivity contribution in [2.45, 2.75) is 26.2 Å². The molecule has 0 aliphatic rings. The molecule has 1 heterocycles. The summed E-state index contributed by atoms with van der Waals surface area (Å²) in [7, 11) is 0. The summed E-state index contributed by atoms with van der Waals surface area (Å²) in [6, 6.07) is 7.90. The monoisotopic (exact) mass is 422 g/mol. The molecule has 1 aromatic heterocycles. The van der Waals surface area contributed by atoms with E-state index >= 15 is 0 Å². The molecule has 1 aromatic carbocycles. The lowest BCUT2D eigenvalue weighted by Gasteiger charge is -2.08. The Morgan fingerprint density at radius 3 is 2.55 bits per heavy atom. The normalized spacial score (nSPS) is 10.1. The molecule has 0 aliphatic heterocycles. The third kappa shape index (κ3) is 7.62. The molecule has 0 saturated carbocycles. The fourth-order valence-corrected chi connectivity index (χ4v) is 2.34. The van der Waals surface area contributed by atoms with Crippen molar-refractivity contribution in [3.63, 3.8) is 0 Å². The molecule has 3 N–H and O–H groups in total. The van der Waals surface area contributed by atoms with Gasteiger partial charge in [0.25, 0.3) is 11.8 Å². The Balaban J connectivity index is 1.59. The molecule has 0 radical (unpaired) electrons. The maximum absolute atomic E-state index is 11.9. The first-order valence-electron chi connectivity index (χ1n) is 8.57. The van der Waals surface area contributed by atoms with E-state index in [4.69, 9.17) is 20.9 Å². The molecular formula is C18H19ClN4O6. The number of amides is 3. The van der Waals surface area contributed by atoms with Gasteiger partial charge in [-0.1, -0.05) is 28.9 Å². The molecule has 0 unspecified atom stereocenters. The van der Waals surface area contributed by atoms with Crippen LogP contribution in [0.3, 0.4) is 0 Å². The molecule has 0 fully saturated rings. The van der Waals surface area contributed by atoms with Crippen molar-refractivity contribution in [1.29, 1.82) is 0 Å². The van der Waals surface area contributed by atoms with E-state index in [0.717, 1.165) is 0 Å². The molecule has 10 nitrogen and oxygen atoms in total. The zero-order chi connectivity index (χ0) is 21.2. The van der Waals surface area contributed by atoms with Crippen LogP contribution in [0.2, 0.25) is 5.02 Å². The second-order valence-electron chi connectivity index (χ2n) is 5.87. The van der Waals surface area contributed by atoms with Gasteiger partial charge in [0, 0.05) is 18.9 Å². The van der Waals surface area contributed by atoms with Gasteiger partial charge in [-0.25, -0.2) is 0 Å². The summed E-state index contributed by atoms with van der Waals surface area (Å²) in [6.07, 6.45) is 0.0846. The van der Waals surface area contributed by atoms with E-state index in [9.17, 15) is 19.2 Å².